The van der Waals surface area contributed by atoms with E-state index in [-0.39, 0.29) is 5.54 Å². The molecule has 2 aromatic carbocycles. The molecule has 0 aromatic heterocycles. The van der Waals surface area contributed by atoms with Crippen LogP contribution in [0.3, 0.4) is 0 Å². The van der Waals surface area contributed by atoms with Gasteiger partial charge in [0.05, 0.1) is 7.11 Å². The van der Waals surface area contributed by atoms with E-state index in [4.69, 9.17) is 4.74 Å². The molecule has 0 spiro atoms. The summed E-state index contributed by atoms with van der Waals surface area (Å²) in [6, 6.07) is 13.1. The van der Waals surface area contributed by atoms with E-state index in [9.17, 15) is 0 Å². The molecule has 0 aliphatic carbocycles. The van der Waals surface area contributed by atoms with Crippen molar-refractivity contribution in [1.29, 1.82) is 0 Å². The normalized spacial score (nSPS) is 22.1. The van der Waals surface area contributed by atoms with Crippen LogP contribution < -0.4 is 10.1 Å². The van der Waals surface area contributed by atoms with Gasteiger partial charge < -0.3 is 10.1 Å². The molecule has 1 saturated heterocycles. The highest BCUT2D eigenvalue weighted by atomic mass is 16.5. The molecule has 0 bridgehead atoms. The lowest BCUT2D eigenvalue weighted by Crippen LogP contribution is -2.46. The van der Waals surface area contributed by atoms with Gasteiger partial charge in [0.2, 0.25) is 0 Å². The Balaban J connectivity index is 1.90. The minimum absolute atomic E-state index is 0.278. The summed E-state index contributed by atoms with van der Waals surface area (Å²) in [5, 5.41) is 6.31. The van der Waals surface area contributed by atoms with Crippen molar-refractivity contribution in [3.63, 3.8) is 0 Å². The monoisotopic (exact) mass is 283 g/mol. The van der Waals surface area contributed by atoms with E-state index in [0.717, 1.165) is 18.7 Å². The van der Waals surface area contributed by atoms with Gasteiger partial charge in [-0.15, -0.1) is 0 Å². The minimum Gasteiger partial charge on any atom is -0.497 e. The van der Waals surface area contributed by atoms with Crippen LogP contribution in [0, 0.1) is 5.92 Å². The molecule has 1 atom stereocenters. The largest absolute Gasteiger partial charge is 0.497 e. The van der Waals surface area contributed by atoms with E-state index in [0.29, 0.717) is 5.92 Å². The van der Waals surface area contributed by atoms with E-state index in [1.807, 2.05) is 6.07 Å². The first-order valence-electron chi connectivity index (χ1n) is 7.95. The molecule has 3 rings (SSSR count). The number of rotatable bonds is 4. The molecule has 1 unspecified atom stereocenters. The SMILES string of the molecule is COc1ccc2cc(CC3(C(C)C)CCCN3)ccc2c1. The molecule has 1 heterocycles. The third-order valence-electron chi connectivity index (χ3n) is 5.01. The topological polar surface area (TPSA) is 21.3 Å². The highest BCUT2D eigenvalue weighted by Gasteiger charge is 2.36. The Morgan fingerprint density at radius 2 is 1.90 bits per heavy atom. The van der Waals surface area contributed by atoms with Crippen LogP contribution >= 0.6 is 0 Å². The van der Waals surface area contributed by atoms with Gasteiger partial charge in [-0.2, -0.15) is 0 Å². The Morgan fingerprint density at radius 3 is 2.57 bits per heavy atom. The second-order valence-corrected chi connectivity index (χ2v) is 6.57. The number of ether oxygens (including phenoxy) is 1. The summed E-state index contributed by atoms with van der Waals surface area (Å²) >= 11 is 0. The van der Waals surface area contributed by atoms with Crippen molar-refractivity contribution in [2.75, 3.05) is 13.7 Å². The van der Waals surface area contributed by atoms with Crippen molar-refractivity contribution in [3.05, 3.63) is 42.0 Å². The lowest BCUT2D eigenvalue weighted by atomic mass is 9.79. The number of hydrogen-bond acceptors (Lipinski definition) is 2. The number of benzene rings is 2. The Kier molecular flexibility index (Phi) is 3.90. The average molecular weight is 283 g/mol. The maximum Gasteiger partial charge on any atom is 0.119 e. The van der Waals surface area contributed by atoms with Crippen LogP contribution in [0.5, 0.6) is 5.75 Å². The molecule has 0 radical (unpaired) electrons. The van der Waals surface area contributed by atoms with Crippen molar-refractivity contribution >= 4 is 10.8 Å². The summed E-state index contributed by atoms with van der Waals surface area (Å²) in [6.07, 6.45) is 3.70. The first-order chi connectivity index (χ1) is 10.1. The number of hydrogen-bond donors (Lipinski definition) is 1. The van der Waals surface area contributed by atoms with Gasteiger partial charge in [-0.25, -0.2) is 0 Å². The van der Waals surface area contributed by atoms with Crippen LogP contribution in [-0.4, -0.2) is 19.2 Å². The molecule has 112 valence electrons. The van der Waals surface area contributed by atoms with Crippen LogP contribution in [0.4, 0.5) is 0 Å². The van der Waals surface area contributed by atoms with E-state index >= 15 is 0 Å². The molecule has 0 amide bonds. The van der Waals surface area contributed by atoms with Gasteiger partial charge in [-0.05, 0) is 60.2 Å². The van der Waals surface area contributed by atoms with E-state index in [2.05, 4.69) is 49.5 Å². The standard InChI is InChI=1S/C19H25NO/c1-14(2)19(9-4-10-20-19)13-15-5-6-17-12-18(21-3)8-7-16(17)11-15/h5-8,11-12,14,20H,4,9-10,13H2,1-3H3. The van der Waals surface area contributed by atoms with Crippen molar-refractivity contribution in [2.24, 2.45) is 5.92 Å². The van der Waals surface area contributed by atoms with Crippen LogP contribution in [0.2, 0.25) is 0 Å². The third-order valence-corrected chi connectivity index (χ3v) is 5.01. The zero-order chi connectivity index (χ0) is 14.9. The third kappa shape index (κ3) is 2.77. The van der Waals surface area contributed by atoms with Gasteiger partial charge in [0.25, 0.3) is 0 Å². The maximum absolute atomic E-state index is 5.30. The van der Waals surface area contributed by atoms with Gasteiger partial charge in [-0.1, -0.05) is 38.1 Å². The number of fused-ring (bicyclic) bond motifs is 1. The Morgan fingerprint density at radius 1 is 1.14 bits per heavy atom. The zero-order valence-corrected chi connectivity index (χ0v) is 13.3. The molecule has 2 aromatic rings. The predicted molar refractivity (Wildman–Crippen MR) is 89.0 cm³/mol. The Bertz CT molecular complexity index is 626. The highest BCUT2D eigenvalue weighted by Crippen LogP contribution is 2.32. The van der Waals surface area contributed by atoms with Crippen molar-refractivity contribution in [3.8, 4) is 5.75 Å². The lowest BCUT2D eigenvalue weighted by Gasteiger charge is -2.34. The quantitative estimate of drug-likeness (QED) is 0.909. The molecular weight excluding hydrogens is 258 g/mol. The van der Waals surface area contributed by atoms with Gasteiger partial charge in [0.15, 0.2) is 0 Å². The van der Waals surface area contributed by atoms with Crippen LogP contribution in [-0.2, 0) is 6.42 Å². The van der Waals surface area contributed by atoms with Gasteiger partial charge >= 0.3 is 0 Å². The summed E-state index contributed by atoms with van der Waals surface area (Å²) in [6.45, 7) is 5.83. The Hall–Kier alpha value is -1.54. The molecule has 1 aliphatic heterocycles. The van der Waals surface area contributed by atoms with Crippen LogP contribution in [0.15, 0.2) is 36.4 Å². The fourth-order valence-corrected chi connectivity index (χ4v) is 3.55. The predicted octanol–water partition coefficient (Wildman–Crippen LogP) is 4.17. The van der Waals surface area contributed by atoms with Gasteiger partial charge in [0, 0.05) is 5.54 Å². The highest BCUT2D eigenvalue weighted by molar-refractivity contribution is 5.84. The molecule has 21 heavy (non-hydrogen) atoms. The van der Waals surface area contributed by atoms with Crippen LogP contribution in [0.25, 0.3) is 10.8 Å². The van der Waals surface area contributed by atoms with Crippen molar-refractivity contribution < 1.29 is 4.74 Å². The summed E-state index contributed by atoms with van der Waals surface area (Å²) in [4.78, 5) is 0. The van der Waals surface area contributed by atoms with Gasteiger partial charge in [-0.3, -0.25) is 0 Å². The summed E-state index contributed by atoms with van der Waals surface area (Å²) in [5.74, 6) is 1.58. The maximum atomic E-state index is 5.30. The van der Waals surface area contributed by atoms with E-state index in [1.165, 1.54) is 29.2 Å². The molecule has 0 saturated carbocycles. The number of nitrogens with one attached hydrogen (secondary N) is 1. The molecule has 1 aliphatic rings. The fraction of sp³-hybridized carbons (Fsp3) is 0.474. The zero-order valence-electron chi connectivity index (χ0n) is 13.3. The van der Waals surface area contributed by atoms with Crippen molar-refractivity contribution in [1.82, 2.24) is 5.32 Å². The van der Waals surface area contributed by atoms with Gasteiger partial charge in [0.1, 0.15) is 5.75 Å². The minimum atomic E-state index is 0.278. The second-order valence-electron chi connectivity index (χ2n) is 6.57. The van der Waals surface area contributed by atoms with E-state index < -0.39 is 0 Å². The molecule has 2 heteroatoms. The van der Waals surface area contributed by atoms with E-state index in [1.54, 1.807) is 7.11 Å². The smallest absolute Gasteiger partial charge is 0.119 e. The molecular formula is C19H25NO. The molecule has 1 fully saturated rings. The first kappa shape index (κ1) is 14.4. The van der Waals surface area contributed by atoms with Crippen LogP contribution in [0.1, 0.15) is 32.3 Å². The summed E-state index contributed by atoms with van der Waals surface area (Å²) in [5.41, 5.74) is 1.70. The fourth-order valence-electron chi connectivity index (χ4n) is 3.55. The Labute approximate surface area is 127 Å². The lowest BCUT2D eigenvalue weighted by molar-refractivity contribution is 0.269. The van der Waals surface area contributed by atoms with Crippen molar-refractivity contribution in [2.45, 2.75) is 38.6 Å². The first-order valence-corrected chi connectivity index (χ1v) is 7.95. The number of methoxy groups -OCH3 is 1. The summed E-state index contributed by atoms with van der Waals surface area (Å²) in [7, 11) is 1.72. The second kappa shape index (κ2) is 5.69. The summed E-state index contributed by atoms with van der Waals surface area (Å²) < 4.78 is 5.30. The molecule has 2 nitrogen and oxygen atoms in total. The average Bonchev–Trinajstić information content (AvgIpc) is 2.96. The molecule has 1 N–H and O–H groups in total.